The zero-order valence-corrected chi connectivity index (χ0v) is 12.1. The highest BCUT2D eigenvalue weighted by Gasteiger charge is 2.01. The topological polar surface area (TPSA) is 24.7 Å². The van der Waals surface area contributed by atoms with Crippen molar-refractivity contribution in [2.75, 3.05) is 0 Å². The second-order valence-electron chi connectivity index (χ2n) is 4.81. The van der Waals surface area contributed by atoms with Gasteiger partial charge in [-0.3, -0.25) is 0 Å². The van der Waals surface area contributed by atoms with Crippen LogP contribution in [-0.2, 0) is 0 Å². The van der Waals surface area contributed by atoms with Gasteiger partial charge in [0.25, 0.3) is 0 Å². The summed E-state index contributed by atoms with van der Waals surface area (Å²) < 4.78 is 0. The summed E-state index contributed by atoms with van der Waals surface area (Å²) >= 11 is 0. The Bertz CT molecular complexity index is 761. The molecule has 0 N–H and O–H groups in total. The normalized spacial score (nSPS) is 11.7. The first kappa shape index (κ1) is 14.0. The van der Waals surface area contributed by atoms with E-state index in [0.717, 1.165) is 16.8 Å². The number of aliphatic imine (C=N–C) groups is 2. The third-order valence-electron chi connectivity index (χ3n) is 3.16. The van der Waals surface area contributed by atoms with Crippen molar-refractivity contribution >= 4 is 17.7 Å². The SMILES string of the molecule is C(=NC(=Nc1ccccc1)c1ccccc1)c1ccccc1. The Balaban J connectivity index is 1.97. The van der Waals surface area contributed by atoms with Crippen molar-refractivity contribution < 1.29 is 0 Å². The first-order valence-electron chi connectivity index (χ1n) is 7.20. The van der Waals surface area contributed by atoms with Crippen molar-refractivity contribution in [3.8, 4) is 0 Å². The molecule has 22 heavy (non-hydrogen) atoms. The maximum absolute atomic E-state index is 4.66. The lowest BCUT2D eigenvalue weighted by atomic mass is 10.2. The molecule has 0 aliphatic rings. The molecule has 0 heterocycles. The molecule has 0 saturated carbocycles. The van der Waals surface area contributed by atoms with Gasteiger partial charge >= 0.3 is 0 Å². The molecule has 3 rings (SSSR count). The van der Waals surface area contributed by atoms with E-state index in [4.69, 9.17) is 0 Å². The fourth-order valence-corrected chi connectivity index (χ4v) is 2.05. The maximum Gasteiger partial charge on any atom is 0.159 e. The van der Waals surface area contributed by atoms with Crippen molar-refractivity contribution in [3.05, 3.63) is 102 Å². The summed E-state index contributed by atoms with van der Waals surface area (Å²) in [6.07, 6.45) is 1.84. The Hall–Kier alpha value is -3.00. The molecule has 0 bridgehead atoms. The molecule has 0 aliphatic carbocycles. The maximum atomic E-state index is 4.66. The van der Waals surface area contributed by atoms with Crippen molar-refractivity contribution in [2.24, 2.45) is 9.98 Å². The summed E-state index contributed by atoms with van der Waals surface area (Å²) in [5.41, 5.74) is 2.95. The van der Waals surface area contributed by atoms with Gasteiger partial charge in [-0.2, -0.15) is 0 Å². The van der Waals surface area contributed by atoms with Crippen molar-refractivity contribution in [1.82, 2.24) is 0 Å². The molecule has 2 nitrogen and oxygen atoms in total. The minimum absolute atomic E-state index is 0.704. The lowest BCUT2D eigenvalue weighted by molar-refractivity contribution is 1.45. The first-order chi connectivity index (χ1) is 10.9. The van der Waals surface area contributed by atoms with Gasteiger partial charge in [0.2, 0.25) is 0 Å². The third-order valence-corrected chi connectivity index (χ3v) is 3.16. The summed E-state index contributed by atoms with van der Waals surface area (Å²) in [6.45, 7) is 0. The fourth-order valence-electron chi connectivity index (χ4n) is 2.05. The van der Waals surface area contributed by atoms with Gasteiger partial charge in [0, 0.05) is 11.8 Å². The van der Waals surface area contributed by atoms with Crippen LogP contribution in [0.2, 0.25) is 0 Å². The highest BCUT2D eigenvalue weighted by Crippen LogP contribution is 2.14. The molecule has 0 radical (unpaired) electrons. The third kappa shape index (κ3) is 3.76. The van der Waals surface area contributed by atoms with Gasteiger partial charge in [0.15, 0.2) is 5.84 Å². The van der Waals surface area contributed by atoms with Crippen LogP contribution in [0.3, 0.4) is 0 Å². The minimum atomic E-state index is 0.704. The van der Waals surface area contributed by atoms with Crippen LogP contribution in [0.5, 0.6) is 0 Å². The van der Waals surface area contributed by atoms with Crippen LogP contribution in [0.25, 0.3) is 0 Å². The average molecular weight is 284 g/mol. The standard InChI is InChI=1S/C20H16N2/c1-4-10-17(11-5-1)16-21-20(18-12-6-2-7-13-18)22-19-14-8-3-9-15-19/h1-16H. The molecular weight excluding hydrogens is 268 g/mol. The molecule has 0 unspecified atom stereocenters. The van der Waals surface area contributed by atoms with Crippen molar-refractivity contribution in [1.29, 1.82) is 0 Å². The minimum Gasteiger partial charge on any atom is -0.236 e. The second-order valence-corrected chi connectivity index (χ2v) is 4.81. The molecule has 0 atom stereocenters. The Kier molecular flexibility index (Phi) is 4.53. The number of para-hydroxylation sites is 1. The van der Waals surface area contributed by atoms with E-state index in [1.165, 1.54) is 0 Å². The van der Waals surface area contributed by atoms with Crippen molar-refractivity contribution in [3.63, 3.8) is 0 Å². The van der Waals surface area contributed by atoms with Gasteiger partial charge in [-0.05, 0) is 17.7 Å². The van der Waals surface area contributed by atoms with Crippen molar-refractivity contribution in [2.45, 2.75) is 0 Å². The van der Waals surface area contributed by atoms with E-state index in [-0.39, 0.29) is 0 Å². The highest BCUT2D eigenvalue weighted by atomic mass is 14.9. The average Bonchev–Trinajstić information content (AvgIpc) is 2.61. The van der Waals surface area contributed by atoms with Gasteiger partial charge in [0.05, 0.1) is 5.69 Å². The number of amidine groups is 1. The van der Waals surface area contributed by atoms with E-state index in [1.807, 2.05) is 97.2 Å². The predicted molar refractivity (Wildman–Crippen MR) is 93.1 cm³/mol. The monoisotopic (exact) mass is 284 g/mol. The molecular formula is C20H16N2. The predicted octanol–water partition coefficient (Wildman–Crippen LogP) is 4.88. The Morgan fingerprint density at radius 3 is 1.82 bits per heavy atom. The molecule has 0 aliphatic heterocycles. The zero-order chi connectivity index (χ0) is 15.0. The smallest absolute Gasteiger partial charge is 0.159 e. The van der Waals surface area contributed by atoms with Gasteiger partial charge in [-0.15, -0.1) is 0 Å². The Morgan fingerprint density at radius 2 is 1.18 bits per heavy atom. The highest BCUT2D eigenvalue weighted by molar-refractivity contribution is 6.06. The van der Waals surface area contributed by atoms with E-state index >= 15 is 0 Å². The van der Waals surface area contributed by atoms with E-state index < -0.39 is 0 Å². The van der Waals surface area contributed by atoms with Crippen LogP contribution in [-0.4, -0.2) is 12.1 Å². The molecule has 0 fully saturated rings. The largest absolute Gasteiger partial charge is 0.236 e. The molecule has 2 heteroatoms. The number of rotatable bonds is 3. The van der Waals surface area contributed by atoms with Crippen LogP contribution >= 0.6 is 0 Å². The Labute approximate surface area is 130 Å². The second kappa shape index (κ2) is 7.14. The molecule has 0 amide bonds. The number of hydrogen-bond acceptors (Lipinski definition) is 1. The quantitative estimate of drug-likeness (QED) is 0.483. The fraction of sp³-hybridized carbons (Fsp3) is 0. The number of hydrogen-bond donors (Lipinski definition) is 0. The van der Waals surface area contributed by atoms with Gasteiger partial charge in [0.1, 0.15) is 0 Å². The molecule has 3 aromatic rings. The molecule has 3 aromatic carbocycles. The van der Waals surface area contributed by atoms with Gasteiger partial charge in [-0.25, -0.2) is 9.98 Å². The summed E-state index contributed by atoms with van der Waals surface area (Å²) in [6, 6.07) is 29.9. The lowest BCUT2D eigenvalue weighted by Crippen LogP contribution is -1.97. The van der Waals surface area contributed by atoms with E-state index in [0.29, 0.717) is 5.84 Å². The summed E-state index contributed by atoms with van der Waals surface area (Å²) in [4.78, 5) is 9.25. The zero-order valence-electron chi connectivity index (χ0n) is 12.1. The van der Waals surface area contributed by atoms with E-state index in [1.54, 1.807) is 0 Å². The molecule has 0 saturated heterocycles. The molecule has 0 aromatic heterocycles. The Morgan fingerprint density at radius 1 is 0.636 bits per heavy atom. The van der Waals surface area contributed by atoms with Crippen LogP contribution in [0, 0.1) is 0 Å². The summed E-state index contributed by atoms with van der Waals surface area (Å²) in [5, 5.41) is 0. The number of nitrogens with zero attached hydrogens (tertiary/aromatic N) is 2. The first-order valence-corrected chi connectivity index (χ1v) is 7.20. The number of benzene rings is 3. The lowest BCUT2D eigenvalue weighted by Gasteiger charge is -2.02. The van der Waals surface area contributed by atoms with E-state index in [9.17, 15) is 0 Å². The summed E-state index contributed by atoms with van der Waals surface area (Å²) in [5.74, 6) is 0.704. The van der Waals surface area contributed by atoms with Crippen LogP contribution in [0.4, 0.5) is 5.69 Å². The van der Waals surface area contributed by atoms with Gasteiger partial charge < -0.3 is 0 Å². The van der Waals surface area contributed by atoms with Crippen LogP contribution < -0.4 is 0 Å². The molecule has 0 spiro atoms. The molecule has 106 valence electrons. The van der Waals surface area contributed by atoms with E-state index in [2.05, 4.69) is 9.98 Å². The van der Waals surface area contributed by atoms with Crippen LogP contribution in [0.1, 0.15) is 11.1 Å². The van der Waals surface area contributed by atoms with Crippen LogP contribution in [0.15, 0.2) is 101 Å². The van der Waals surface area contributed by atoms with Gasteiger partial charge in [-0.1, -0.05) is 78.9 Å². The summed E-state index contributed by atoms with van der Waals surface area (Å²) in [7, 11) is 0.